The van der Waals surface area contributed by atoms with E-state index in [1.807, 2.05) is 31.2 Å². The van der Waals surface area contributed by atoms with Gasteiger partial charge in [0.2, 0.25) is 0 Å². The molecule has 0 saturated carbocycles. The summed E-state index contributed by atoms with van der Waals surface area (Å²) in [5.41, 5.74) is 8.07. The fourth-order valence-corrected chi connectivity index (χ4v) is 2.89. The minimum atomic E-state index is -0.836. The number of carbonyl (C=O) groups excluding carboxylic acids is 2. The summed E-state index contributed by atoms with van der Waals surface area (Å²) < 4.78 is 16.8. The summed E-state index contributed by atoms with van der Waals surface area (Å²) >= 11 is 0. The van der Waals surface area contributed by atoms with Gasteiger partial charge in [0, 0.05) is 5.92 Å². The van der Waals surface area contributed by atoms with E-state index >= 15 is 0 Å². The molecule has 6 nitrogen and oxygen atoms in total. The number of aryl methyl sites for hydroxylation is 1. The van der Waals surface area contributed by atoms with Crippen LogP contribution in [0, 0.1) is 18.8 Å². The molecule has 2 N–H and O–H groups in total. The zero-order chi connectivity index (χ0) is 19.3. The first-order valence-electron chi connectivity index (χ1n) is 9.07. The largest absolute Gasteiger partial charge is 0.458 e. The number of benzene rings is 1. The van der Waals surface area contributed by atoms with E-state index in [0.717, 1.165) is 5.56 Å². The summed E-state index contributed by atoms with van der Waals surface area (Å²) in [6.07, 6.45) is -0.554. The summed E-state index contributed by atoms with van der Waals surface area (Å²) in [6, 6.07) is 7.34. The summed E-state index contributed by atoms with van der Waals surface area (Å²) in [4.78, 5) is 24.2. The van der Waals surface area contributed by atoms with Crippen LogP contribution in [0.25, 0.3) is 0 Å². The van der Waals surface area contributed by atoms with Gasteiger partial charge in [-0.3, -0.25) is 9.59 Å². The Balaban J connectivity index is 2.25. The fourth-order valence-electron chi connectivity index (χ4n) is 2.89. The first kappa shape index (κ1) is 20.4. The van der Waals surface area contributed by atoms with Gasteiger partial charge in [-0.2, -0.15) is 0 Å². The zero-order valence-electron chi connectivity index (χ0n) is 15.9. The van der Waals surface area contributed by atoms with Gasteiger partial charge in [-0.1, -0.05) is 43.7 Å². The van der Waals surface area contributed by atoms with Crippen LogP contribution in [0.15, 0.2) is 24.3 Å². The molecule has 144 valence electrons. The van der Waals surface area contributed by atoms with Crippen LogP contribution in [0.5, 0.6) is 0 Å². The van der Waals surface area contributed by atoms with Crippen molar-refractivity contribution < 1.29 is 23.8 Å². The maximum atomic E-state index is 12.2. The Bertz CT molecular complexity index is 613. The van der Waals surface area contributed by atoms with Crippen molar-refractivity contribution in [3.63, 3.8) is 0 Å². The number of nitrogens with two attached hydrogens (primary N) is 1. The highest BCUT2D eigenvalue weighted by Crippen LogP contribution is 2.23. The average Bonchev–Trinajstić information content (AvgIpc) is 2.63. The number of carbonyl (C=O) groups is 2. The van der Waals surface area contributed by atoms with Gasteiger partial charge in [0.1, 0.15) is 18.2 Å². The molecule has 1 aliphatic heterocycles. The number of cyclic esters (lactones) is 1. The predicted octanol–water partition coefficient (Wildman–Crippen LogP) is 2.01. The lowest BCUT2D eigenvalue weighted by Crippen LogP contribution is -2.43. The highest BCUT2D eigenvalue weighted by molar-refractivity contribution is 5.76. The van der Waals surface area contributed by atoms with Crippen molar-refractivity contribution in [2.24, 2.45) is 17.6 Å². The van der Waals surface area contributed by atoms with Crippen molar-refractivity contribution in [3.8, 4) is 0 Å². The second kappa shape index (κ2) is 9.14. The number of ether oxygens (including phenoxy) is 3. The third-order valence-electron chi connectivity index (χ3n) is 4.50. The fraction of sp³-hybridized carbons (Fsp3) is 0.600. The summed E-state index contributed by atoms with van der Waals surface area (Å²) in [6.45, 7) is 7.73. The zero-order valence-corrected chi connectivity index (χ0v) is 15.9. The van der Waals surface area contributed by atoms with E-state index in [1.165, 1.54) is 5.56 Å². The van der Waals surface area contributed by atoms with Crippen molar-refractivity contribution >= 4 is 11.9 Å². The molecular weight excluding hydrogens is 334 g/mol. The van der Waals surface area contributed by atoms with Gasteiger partial charge in [0.05, 0.1) is 19.1 Å². The molecule has 1 aromatic carbocycles. The van der Waals surface area contributed by atoms with E-state index in [0.29, 0.717) is 13.0 Å². The van der Waals surface area contributed by atoms with Gasteiger partial charge in [-0.15, -0.1) is 0 Å². The Hall–Kier alpha value is -1.92. The van der Waals surface area contributed by atoms with E-state index < -0.39 is 24.2 Å². The van der Waals surface area contributed by atoms with E-state index in [1.54, 1.807) is 20.8 Å². The van der Waals surface area contributed by atoms with Crippen LogP contribution in [0.2, 0.25) is 0 Å². The Kier molecular flexibility index (Phi) is 7.17. The van der Waals surface area contributed by atoms with Gasteiger partial charge < -0.3 is 19.9 Å². The molecule has 26 heavy (non-hydrogen) atoms. The van der Waals surface area contributed by atoms with Crippen LogP contribution in [0.4, 0.5) is 0 Å². The quantitative estimate of drug-likeness (QED) is 0.824. The van der Waals surface area contributed by atoms with Crippen molar-refractivity contribution in [1.82, 2.24) is 0 Å². The van der Waals surface area contributed by atoms with Crippen LogP contribution in [-0.2, 0) is 30.2 Å². The molecule has 1 fully saturated rings. The molecule has 0 bridgehead atoms. The van der Waals surface area contributed by atoms with Gasteiger partial charge in [-0.25, -0.2) is 0 Å². The Morgan fingerprint density at radius 3 is 2.54 bits per heavy atom. The minimum absolute atomic E-state index is 0.0841. The molecular formula is C20H29NO5. The van der Waals surface area contributed by atoms with Crippen LogP contribution in [0.1, 0.15) is 31.9 Å². The summed E-state index contributed by atoms with van der Waals surface area (Å²) in [5.74, 6) is -1.28. The van der Waals surface area contributed by atoms with Crippen LogP contribution >= 0.6 is 0 Å². The number of rotatable bonds is 4. The molecule has 0 radical (unpaired) electrons. The molecule has 6 heteroatoms. The number of hydrogen-bond donors (Lipinski definition) is 1. The Morgan fingerprint density at radius 1 is 1.27 bits per heavy atom. The Morgan fingerprint density at radius 2 is 1.92 bits per heavy atom. The first-order valence-corrected chi connectivity index (χ1v) is 9.07. The Labute approximate surface area is 155 Å². The van der Waals surface area contributed by atoms with E-state index in [4.69, 9.17) is 19.9 Å². The molecule has 1 aromatic rings. The lowest BCUT2D eigenvalue weighted by Gasteiger charge is -2.31. The van der Waals surface area contributed by atoms with Crippen LogP contribution in [0.3, 0.4) is 0 Å². The molecule has 0 aromatic heterocycles. The smallest absolute Gasteiger partial charge is 0.325 e. The molecule has 1 saturated heterocycles. The topological polar surface area (TPSA) is 87.8 Å². The second-order valence-corrected chi connectivity index (χ2v) is 7.29. The third kappa shape index (κ3) is 5.54. The van der Waals surface area contributed by atoms with Crippen LogP contribution in [-0.4, -0.2) is 43.4 Å². The lowest BCUT2D eigenvalue weighted by molar-refractivity contribution is -0.173. The monoisotopic (exact) mass is 363 g/mol. The summed E-state index contributed by atoms with van der Waals surface area (Å²) in [5, 5.41) is 0. The summed E-state index contributed by atoms with van der Waals surface area (Å²) in [7, 11) is 0. The van der Waals surface area contributed by atoms with Gasteiger partial charge in [-0.05, 0) is 25.8 Å². The molecule has 0 aliphatic carbocycles. The van der Waals surface area contributed by atoms with Crippen LogP contribution < -0.4 is 5.73 Å². The maximum absolute atomic E-state index is 12.2. The SMILES string of the molecule is Cc1ccc(CC2COCC(N)C(=O)OC(C)C2OC(=O)C(C)C)cc1. The molecule has 1 aliphatic rings. The molecule has 0 amide bonds. The average molecular weight is 363 g/mol. The molecule has 0 spiro atoms. The van der Waals surface area contributed by atoms with Crippen molar-refractivity contribution in [3.05, 3.63) is 35.4 Å². The number of hydrogen-bond acceptors (Lipinski definition) is 6. The molecule has 2 rings (SSSR count). The molecule has 4 atom stereocenters. The van der Waals surface area contributed by atoms with Gasteiger partial charge in [0.15, 0.2) is 0 Å². The second-order valence-electron chi connectivity index (χ2n) is 7.29. The number of esters is 2. The van der Waals surface area contributed by atoms with Crippen molar-refractivity contribution in [2.75, 3.05) is 13.2 Å². The lowest BCUT2D eigenvalue weighted by atomic mass is 9.91. The molecule has 4 unspecified atom stereocenters. The van der Waals surface area contributed by atoms with Crippen molar-refractivity contribution in [2.45, 2.75) is 52.4 Å². The van der Waals surface area contributed by atoms with Gasteiger partial charge >= 0.3 is 11.9 Å². The first-order chi connectivity index (χ1) is 12.3. The van der Waals surface area contributed by atoms with Gasteiger partial charge in [0.25, 0.3) is 0 Å². The normalized spacial score (nSPS) is 27.2. The van der Waals surface area contributed by atoms with Crippen molar-refractivity contribution in [1.29, 1.82) is 0 Å². The highest BCUT2D eigenvalue weighted by atomic mass is 16.6. The minimum Gasteiger partial charge on any atom is -0.458 e. The van der Waals surface area contributed by atoms with E-state index in [2.05, 4.69) is 0 Å². The maximum Gasteiger partial charge on any atom is 0.325 e. The molecule has 1 heterocycles. The predicted molar refractivity (Wildman–Crippen MR) is 97.4 cm³/mol. The highest BCUT2D eigenvalue weighted by Gasteiger charge is 2.36. The van der Waals surface area contributed by atoms with E-state index in [9.17, 15) is 9.59 Å². The van der Waals surface area contributed by atoms with E-state index in [-0.39, 0.29) is 24.4 Å². The third-order valence-corrected chi connectivity index (χ3v) is 4.50. The standard InChI is InChI=1S/C20H29NO5/c1-12(2)19(22)26-18-14(4)25-20(23)17(21)11-24-10-16(18)9-15-7-5-13(3)6-8-15/h5-8,12,14,16-18H,9-11,21H2,1-4H3.